The molecule has 1 aromatic heterocycles. The van der Waals surface area contributed by atoms with E-state index in [0.717, 1.165) is 11.3 Å². The highest BCUT2D eigenvalue weighted by Crippen LogP contribution is 2.21. The van der Waals surface area contributed by atoms with Crippen molar-refractivity contribution < 1.29 is 0 Å². The molecule has 2 aromatic rings. The molecule has 0 bridgehead atoms. The number of aromatic amines is 1. The number of benzene rings is 1. The molecule has 0 amide bonds. The van der Waals surface area contributed by atoms with Gasteiger partial charge in [0.1, 0.15) is 4.64 Å². The van der Waals surface area contributed by atoms with Gasteiger partial charge in [-0.2, -0.15) is 5.10 Å². The molecule has 0 atom stereocenters. The highest BCUT2D eigenvalue weighted by atomic mass is 32.1. The van der Waals surface area contributed by atoms with Crippen molar-refractivity contribution in [3.63, 3.8) is 0 Å². The Hall–Kier alpha value is -1.48. The Balaban J connectivity index is 2.54. The van der Waals surface area contributed by atoms with Crippen molar-refractivity contribution in [2.24, 2.45) is 0 Å². The zero-order valence-corrected chi connectivity index (χ0v) is 9.56. The van der Waals surface area contributed by atoms with E-state index in [2.05, 4.69) is 42.2 Å². The molecule has 1 heterocycles. The molecule has 1 aromatic carbocycles. The molecule has 0 spiro atoms. The molecule has 3 heteroatoms. The lowest BCUT2D eigenvalue weighted by atomic mass is 10.0. The summed E-state index contributed by atoms with van der Waals surface area (Å²) in [5, 5.41) is 7.01. The van der Waals surface area contributed by atoms with Crippen molar-refractivity contribution in [2.75, 3.05) is 0 Å². The lowest BCUT2D eigenvalue weighted by Crippen LogP contribution is -1.90. The normalized spacial score (nSPS) is 10.3. The summed E-state index contributed by atoms with van der Waals surface area (Å²) < 4.78 is 0.656. The molecule has 0 radical (unpaired) electrons. The Bertz CT molecular complexity index is 523. The second-order valence-electron chi connectivity index (χ2n) is 3.62. The van der Waals surface area contributed by atoms with Crippen LogP contribution < -0.4 is 0 Å². The van der Waals surface area contributed by atoms with Crippen LogP contribution >= 0.6 is 12.2 Å². The van der Waals surface area contributed by atoms with Crippen LogP contribution in [0.4, 0.5) is 0 Å². The smallest absolute Gasteiger partial charge is 0.119 e. The summed E-state index contributed by atoms with van der Waals surface area (Å²) in [6.07, 6.45) is 0. The standard InChI is InChI=1S/C12H12N2S/c1-8-3-4-10(9(2)7-8)11-5-6-12(15)14-13-11/h3-7H,1-2H3,(H,14,15). The van der Waals surface area contributed by atoms with E-state index >= 15 is 0 Å². The van der Waals surface area contributed by atoms with Crippen molar-refractivity contribution in [3.05, 3.63) is 46.1 Å². The van der Waals surface area contributed by atoms with Crippen molar-refractivity contribution in [2.45, 2.75) is 13.8 Å². The molecule has 0 aliphatic heterocycles. The van der Waals surface area contributed by atoms with Gasteiger partial charge in [0, 0.05) is 5.56 Å². The van der Waals surface area contributed by atoms with Crippen molar-refractivity contribution >= 4 is 12.2 Å². The molecule has 76 valence electrons. The first-order chi connectivity index (χ1) is 7.16. The van der Waals surface area contributed by atoms with Crippen molar-refractivity contribution in [1.29, 1.82) is 0 Å². The second kappa shape index (κ2) is 3.95. The fourth-order valence-electron chi connectivity index (χ4n) is 1.60. The Morgan fingerprint density at radius 1 is 1.13 bits per heavy atom. The summed E-state index contributed by atoms with van der Waals surface area (Å²) in [4.78, 5) is 0. The second-order valence-corrected chi connectivity index (χ2v) is 4.06. The molecule has 0 fully saturated rings. The first kappa shape index (κ1) is 10.1. The van der Waals surface area contributed by atoms with E-state index in [-0.39, 0.29) is 0 Å². The third kappa shape index (κ3) is 2.13. The molecule has 1 N–H and O–H groups in total. The summed E-state index contributed by atoms with van der Waals surface area (Å²) in [5.41, 5.74) is 4.57. The van der Waals surface area contributed by atoms with Gasteiger partial charge in [0.25, 0.3) is 0 Å². The van der Waals surface area contributed by atoms with E-state index in [1.807, 2.05) is 12.1 Å². The van der Waals surface area contributed by atoms with Crippen molar-refractivity contribution in [1.82, 2.24) is 10.2 Å². The minimum atomic E-state index is 0.656. The molecule has 0 unspecified atom stereocenters. The van der Waals surface area contributed by atoms with Crippen LogP contribution in [0, 0.1) is 18.5 Å². The van der Waals surface area contributed by atoms with E-state index in [0.29, 0.717) is 4.64 Å². The zero-order chi connectivity index (χ0) is 10.8. The number of aryl methyl sites for hydroxylation is 2. The Morgan fingerprint density at radius 2 is 1.93 bits per heavy atom. The van der Waals surface area contributed by atoms with Crippen LogP contribution in [0.15, 0.2) is 30.3 Å². The predicted octanol–water partition coefficient (Wildman–Crippen LogP) is 3.42. The minimum Gasteiger partial charge on any atom is -0.267 e. The quantitative estimate of drug-likeness (QED) is 0.740. The molecular weight excluding hydrogens is 204 g/mol. The molecule has 0 saturated carbocycles. The average Bonchev–Trinajstić information content (AvgIpc) is 2.20. The van der Waals surface area contributed by atoms with Gasteiger partial charge >= 0.3 is 0 Å². The van der Waals surface area contributed by atoms with Gasteiger partial charge in [-0.3, -0.25) is 5.10 Å². The summed E-state index contributed by atoms with van der Waals surface area (Å²) in [6, 6.07) is 10.1. The number of rotatable bonds is 1. The van der Waals surface area contributed by atoms with Gasteiger partial charge in [0.2, 0.25) is 0 Å². The third-order valence-corrected chi connectivity index (χ3v) is 2.56. The van der Waals surface area contributed by atoms with Crippen LogP contribution in [-0.2, 0) is 0 Å². The lowest BCUT2D eigenvalue weighted by Gasteiger charge is -2.05. The summed E-state index contributed by atoms with van der Waals surface area (Å²) in [6.45, 7) is 4.17. The highest BCUT2D eigenvalue weighted by molar-refractivity contribution is 7.71. The molecule has 0 aliphatic carbocycles. The molecule has 2 nitrogen and oxygen atoms in total. The van der Waals surface area contributed by atoms with Crippen LogP contribution in [0.5, 0.6) is 0 Å². The Kier molecular flexibility index (Phi) is 2.64. The Labute approximate surface area is 94.0 Å². The third-order valence-electron chi connectivity index (χ3n) is 2.34. The van der Waals surface area contributed by atoms with Crippen LogP contribution in [0.2, 0.25) is 0 Å². The molecule has 2 rings (SSSR count). The van der Waals surface area contributed by atoms with E-state index in [1.54, 1.807) is 0 Å². The summed E-state index contributed by atoms with van der Waals surface area (Å²) >= 11 is 4.96. The first-order valence-corrected chi connectivity index (χ1v) is 5.21. The zero-order valence-electron chi connectivity index (χ0n) is 8.74. The van der Waals surface area contributed by atoms with Gasteiger partial charge < -0.3 is 0 Å². The molecule has 15 heavy (non-hydrogen) atoms. The average molecular weight is 216 g/mol. The molecule has 0 aliphatic rings. The number of hydrogen-bond acceptors (Lipinski definition) is 2. The fraction of sp³-hybridized carbons (Fsp3) is 0.167. The van der Waals surface area contributed by atoms with Crippen molar-refractivity contribution in [3.8, 4) is 11.3 Å². The Morgan fingerprint density at radius 3 is 2.53 bits per heavy atom. The van der Waals surface area contributed by atoms with Gasteiger partial charge in [-0.15, -0.1) is 0 Å². The first-order valence-electron chi connectivity index (χ1n) is 4.80. The monoisotopic (exact) mass is 216 g/mol. The van der Waals surface area contributed by atoms with E-state index in [1.165, 1.54) is 11.1 Å². The maximum absolute atomic E-state index is 4.96. The van der Waals surface area contributed by atoms with Gasteiger partial charge in [0.15, 0.2) is 0 Å². The number of aromatic nitrogens is 2. The van der Waals surface area contributed by atoms with Gasteiger partial charge in [-0.25, -0.2) is 0 Å². The summed E-state index contributed by atoms with van der Waals surface area (Å²) in [5.74, 6) is 0. The van der Waals surface area contributed by atoms with E-state index < -0.39 is 0 Å². The van der Waals surface area contributed by atoms with Crippen LogP contribution in [-0.4, -0.2) is 10.2 Å². The topological polar surface area (TPSA) is 28.7 Å². The van der Waals surface area contributed by atoms with E-state index in [4.69, 9.17) is 12.2 Å². The lowest BCUT2D eigenvalue weighted by molar-refractivity contribution is 1.02. The summed E-state index contributed by atoms with van der Waals surface area (Å²) in [7, 11) is 0. The number of H-pyrrole nitrogens is 1. The molecular formula is C12H12N2S. The maximum Gasteiger partial charge on any atom is 0.119 e. The fourth-order valence-corrected chi connectivity index (χ4v) is 1.71. The molecule has 0 saturated heterocycles. The maximum atomic E-state index is 4.96. The predicted molar refractivity (Wildman–Crippen MR) is 64.3 cm³/mol. The minimum absolute atomic E-state index is 0.656. The van der Waals surface area contributed by atoms with Gasteiger partial charge in [-0.05, 0) is 31.5 Å². The van der Waals surface area contributed by atoms with Gasteiger partial charge in [0.05, 0.1) is 5.69 Å². The largest absolute Gasteiger partial charge is 0.267 e. The highest BCUT2D eigenvalue weighted by Gasteiger charge is 2.02. The van der Waals surface area contributed by atoms with E-state index in [9.17, 15) is 0 Å². The number of nitrogens with one attached hydrogen (secondary N) is 1. The van der Waals surface area contributed by atoms with Crippen LogP contribution in [0.1, 0.15) is 11.1 Å². The van der Waals surface area contributed by atoms with Crippen LogP contribution in [0.25, 0.3) is 11.3 Å². The van der Waals surface area contributed by atoms with Gasteiger partial charge in [-0.1, -0.05) is 36.0 Å². The number of hydrogen-bond donors (Lipinski definition) is 1. The number of nitrogens with zero attached hydrogens (tertiary/aromatic N) is 1. The van der Waals surface area contributed by atoms with Crippen LogP contribution in [0.3, 0.4) is 0 Å². The SMILES string of the molecule is Cc1ccc(-c2ccc(=S)[nH]n2)c(C)c1.